The Morgan fingerprint density at radius 1 is 1.21 bits per heavy atom. The number of hydrogen-bond acceptors (Lipinski definition) is 2. The molecule has 4 heteroatoms. The predicted molar refractivity (Wildman–Crippen MR) is 82.1 cm³/mol. The zero-order chi connectivity index (χ0) is 13.8. The van der Waals surface area contributed by atoms with Crippen LogP contribution in [-0.2, 0) is 12.4 Å². The molecule has 0 aliphatic rings. The minimum absolute atomic E-state index is 0.425. The van der Waals surface area contributed by atoms with Crippen molar-refractivity contribution in [1.29, 1.82) is 0 Å². The highest BCUT2D eigenvalue weighted by atomic mass is 35.5. The number of nitrogens with zero attached hydrogens (tertiary/aromatic N) is 2. The fourth-order valence-electron chi connectivity index (χ4n) is 1.98. The smallest absolute Gasteiger partial charge is 0.147 e. The standard InChI is InChI=1S/C15H16Cl2N2/c1-11-4-3-5-12(6-11)10-19(2)15-14(17)7-13(8-16)9-18-15/h3-7,9H,8,10H2,1-2H3. The van der Waals surface area contributed by atoms with E-state index in [1.807, 2.05) is 18.0 Å². The van der Waals surface area contributed by atoms with E-state index < -0.39 is 0 Å². The summed E-state index contributed by atoms with van der Waals surface area (Å²) in [6, 6.07) is 10.3. The molecule has 0 amide bonds. The fourth-order valence-corrected chi connectivity index (χ4v) is 2.46. The molecule has 0 atom stereocenters. The summed E-state index contributed by atoms with van der Waals surface area (Å²) in [5.41, 5.74) is 3.42. The van der Waals surface area contributed by atoms with Crippen LogP contribution < -0.4 is 4.90 Å². The Hall–Kier alpha value is -1.25. The molecule has 0 bridgehead atoms. The van der Waals surface area contributed by atoms with Crippen molar-refractivity contribution in [3.63, 3.8) is 0 Å². The van der Waals surface area contributed by atoms with Gasteiger partial charge in [-0.05, 0) is 24.1 Å². The summed E-state index contributed by atoms with van der Waals surface area (Å²) in [5, 5.41) is 0.633. The van der Waals surface area contributed by atoms with Crippen LogP contribution in [0.15, 0.2) is 36.5 Å². The Morgan fingerprint density at radius 3 is 2.63 bits per heavy atom. The number of benzene rings is 1. The first kappa shape index (κ1) is 14.2. The van der Waals surface area contributed by atoms with Crippen LogP contribution >= 0.6 is 23.2 Å². The van der Waals surface area contributed by atoms with Crippen LogP contribution in [0.5, 0.6) is 0 Å². The number of anilines is 1. The van der Waals surface area contributed by atoms with E-state index >= 15 is 0 Å². The molecular formula is C15H16Cl2N2. The first-order valence-corrected chi connectivity index (χ1v) is 6.98. The zero-order valence-corrected chi connectivity index (χ0v) is 12.5. The minimum atomic E-state index is 0.425. The van der Waals surface area contributed by atoms with Gasteiger partial charge >= 0.3 is 0 Å². The van der Waals surface area contributed by atoms with Gasteiger partial charge in [0.2, 0.25) is 0 Å². The van der Waals surface area contributed by atoms with Gasteiger partial charge in [0.15, 0.2) is 0 Å². The molecular weight excluding hydrogens is 279 g/mol. The highest BCUT2D eigenvalue weighted by Gasteiger charge is 2.09. The van der Waals surface area contributed by atoms with Gasteiger partial charge in [0.05, 0.1) is 5.02 Å². The van der Waals surface area contributed by atoms with E-state index in [1.54, 1.807) is 6.20 Å². The SMILES string of the molecule is Cc1cccc(CN(C)c2ncc(CCl)cc2Cl)c1. The summed E-state index contributed by atoms with van der Waals surface area (Å²) >= 11 is 12.0. The maximum absolute atomic E-state index is 6.24. The summed E-state index contributed by atoms with van der Waals surface area (Å²) in [6.45, 7) is 2.86. The van der Waals surface area contributed by atoms with Gasteiger partial charge in [-0.2, -0.15) is 0 Å². The Bertz CT molecular complexity index is 570. The summed E-state index contributed by atoms with van der Waals surface area (Å²) in [4.78, 5) is 6.41. The first-order chi connectivity index (χ1) is 9.10. The Kier molecular flexibility index (Phi) is 4.67. The predicted octanol–water partition coefficient (Wildman–Crippen LogP) is 4.42. The monoisotopic (exact) mass is 294 g/mol. The molecule has 2 rings (SSSR count). The number of rotatable bonds is 4. The van der Waals surface area contributed by atoms with Crippen LogP contribution in [0.2, 0.25) is 5.02 Å². The van der Waals surface area contributed by atoms with E-state index in [9.17, 15) is 0 Å². The topological polar surface area (TPSA) is 16.1 Å². The van der Waals surface area contributed by atoms with Crippen LogP contribution in [-0.4, -0.2) is 12.0 Å². The van der Waals surface area contributed by atoms with Crippen LogP contribution in [0.1, 0.15) is 16.7 Å². The van der Waals surface area contributed by atoms with E-state index in [1.165, 1.54) is 11.1 Å². The number of halogens is 2. The number of hydrogen-bond donors (Lipinski definition) is 0. The Balaban J connectivity index is 2.18. The van der Waals surface area contributed by atoms with Crippen molar-refractivity contribution < 1.29 is 0 Å². The van der Waals surface area contributed by atoms with Crippen molar-refractivity contribution in [3.05, 3.63) is 58.2 Å². The molecule has 0 radical (unpaired) electrons. The number of aromatic nitrogens is 1. The molecule has 0 saturated heterocycles. The molecule has 0 spiro atoms. The second-order valence-electron chi connectivity index (χ2n) is 4.63. The quantitative estimate of drug-likeness (QED) is 0.776. The van der Waals surface area contributed by atoms with Crippen LogP contribution in [0, 0.1) is 6.92 Å². The van der Waals surface area contributed by atoms with Gasteiger partial charge < -0.3 is 4.90 Å². The lowest BCUT2D eigenvalue weighted by molar-refractivity contribution is 0.895. The third-order valence-corrected chi connectivity index (χ3v) is 3.48. The lowest BCUT2D eigenvalue weighted by atomic mass is 10.1. The molecule has 0 fully saturated rings. The third kappa shape index (κ3) is 3.62. The van der Waals surface area contributed by atoms with Crippen LogP contribution in [0.4, 0.5) is 5.82 Å². The van der Waals surface area contributed by atoms with Crippen molar-refractivity contribution in [2.75, 3.05) is 11.9 Å². The summed E-state index contributed by atoms with van der Waals surface area (Å²) < 4.78 is 0. The maximum atomic E-state index is 6.24. The zero-order valence-electron chi connectivity index (χ0n) is 11.0. The molecule has 2 nitrogen and oxygen atoms in total. The molecule has 1 heterocycles. The van der Waals surface area contributed by atoms with Crippen molar-refractivity contribution in [2.24, 2.45) is 0 Å². The highest BCUT2D eigenvalue weighted by molar-refractivity contribution is 6.33. The van der Waals surface area contributed by atoms with E-state index in [0.717, 1.165) is 17.9 Å². The number of pyridine rings is 1. The summed E-state index contributed by atoms with van der Waals surface area (Å²) in [6.07, 6.45) is 1.76. The molecule has 0 unspecified atom stereocenters. The minimum Gasteiger partial charge on any atom is -0.354 e. The van der Waals surface area contributed by atoms with E-state index in [-0.39, 0.29) is 0 Å². The second-order valence-corrected chi connectivity index (χ2v) is 5.30. The lowest BCUT2D eigenvalue weighted by Crippen LogP contribution is -2.18. The highest BCUT2D eigenvalue weighted by Crippen LogP contribution is 2.25. The average molecular weight is 295 g/mol. The molecule has 0 aliphatic heterocycles. The molecule has 100 valence electrons. The van der Waals surface area contributed by atoms with Crippen molar-refractivity contribution in [2.45, 2.75) is 19.3 Å². The van der Waals surface area contributed by atoms with Gasteiger partial charge in [0.25, 0.3) is 0 Å². The second kappa shape index (κ2) is 6.27. The lowest BCUT2D eigenvalue weighted by Gasteiger charge is -2.20. The average Bonchev–Trinajstić information content (AvgIpc) is 2.38. The molecule has 0 saturated carbocycles. The normalized spacial score (nSPS) is 10.5. The van der Waals surface area contributed by atoms with Crippen molar-refractivity contribution in [3.8, 4) is 0 Å². The van der Waals surface area contributed by atoms with Gasteiger partial charge in [-0.15, -0.1) is 11.6 Å². The summed E-state index contributed by atoms with van der Waals surface area (Å²) in [5.74, 6) is 1.20. The summed E-state index contributed by atoms with van der Waals surface area (Å²) in [7, 11) is 1.98. The number of aryl methyl sites for hydroxylation is 1. The van der Waals surface area contributed by atoms with Gasteiger partial charge in [-0.25, -0.2) is 4.98 Å². The van der Waals surface area contributed by atoms with Gasteiger partial charge in [0.1, 0.15) is 5.82 Å². The fraction of sp³-hybridized carbons (Fsp3) is 0.267. The molecule has 0 aliphatic carbocycles. The van der Waals surface area contributed by atoms with Gasteiger partial charge in [0, 0.05) is 25.7 Å². The Morgan fingerprint density at radius 2 is 2.00 bits per heavy atom. The van der Waals surface area contributed by atoms with E-state index in [0.29, 0.717) is 10.9 Å². The van der Waals surface area contributed by atoms with Crippen LogP contribution in [0.25, 0.3) is 0 Å². The Labute approximate surface area is 124 Å². The van der Waals surface area contributed by atoms with Gasteiger partial charge in [-0.1, -0.05) is 41.4 Å². The molecule has 2 aromatic rings. The van der Waals surface area contributed by atoms with Gasteiger partial charge in [-0.3, -0.25) is 0 Å². The maximum Gasteiger partial charge on any atom is 0.147 e. The van der Waals surface area contributed by atoms with E-state index in [4.69, 9.17) is 23.2 Å². The van der Waals surface area contributed by atoms with Crippen molar-refractivity contribution in [1.82, 2.24) is 4.98 Å². The number of alkyl halides is 1. The first-order valence-electron chi connectivity index (χ1n) is 6.07. The van der Waals surface area contributed by atoms with Crippen molar-refractivity contribution >= 4 is 29.0 Å². The molecule has 1 aromatic carbocycles. The third-order valence-electron chi connectivity index (χ3n) is 2.90. The largest absolute Gasteiger partial charge is 0.354 e. The van der Waals surface area contributed by atoms with Crippen LogP contribution in [0.3, 0.4) is 0 Å². The molecule has 0 N–H and O–H groups in total. The molecule has 1 aromatic heterocycles. The van der Waals surface area contributed by atoms with E-state index in [2.05, 4.69) is 36.2 Å². The molecule has 19 heavy (non-hydrogen) atoms.